The molecule has 2 aromatic rings. The molecule has 5 nitrogen and oxygen atoms in total. The lowest BCUT2D eigenvalue weighted by Crippen LogP contribution is -2.30. The van der Waals surface area contributed by atoms with Crippen LogP contribution in [-0.2, 0) is 16.1 Å². The van der Waals surface area contributed by atoms with E-state index in [1.807, 2.05) is 29.6 Å². The third kappa shape index (κ3) is 3.63. The van der Waals surface area contributed by atoms with Gasteiger partial charge < -0.3 is 9.84 Å². The molecule has 1 aromatic heterocycles. The van der Waals surface area contributed by atoms with Crippen molar-refractivity contribution >= 4 is 40.5 Å². The molecular formula is C18H17NO4S2. The van der Waals surface area contributed by atoms with E-state index < -0.39 is 0 Å². The highest BCUT2D eigenvalue weighted by atomic mass is 32.2. The molecule has 0 radical (unpaired) electrons. The van der Waals surface area contributed by atoms with Gasteiger partial charge in [-0.1, -0.05) is 18.2 Å². The van der Waals surface area contributed by atoms with Gasteiger partial charge in [0, 0.05) is 10.6 Å². The second kappa shape index (κ2) is 7.86. The third-order valence-corrected chi connectivity index (χ3v) is 5.67. The first kappa shape index (κ1) is 17.7. The zero-order chi connectivity index (χ0) is 17.8. The summed E-state index contributed by atoms with van der Waals surface area (Å²) in [6, 6.07) is 11.0. The topological polar surface area (TPSA) is 66.8 Å². The molecule has 0 bridgehead atoms. The number of thioether (sulfide) groups is 1. The van der Waals surface area contributed by atoms with Crippen molar-refractivity contribution in [2.24, 2.45) is 0 Å². The number of hydrogen-bond donors (Lipinski definition) is 1. The van der Waals surface area contributed by atoms with Gasteiger partial charge in [-0.2, -0.15) is 0 Å². The highest BCUT2D eigenvalue weighted by molar-refractivity contribution is 8.04. The number of aliphatic hydroxyl groups excluding tert-OH is 1. The zero-order valence-corrected chi connectivity index (χ0v) is 15.2. The average molecular weight is 375 g/mol. The summed E-state index contributed by atoms with van der Waals surface area (Å²) in [7, 11) is 1.59. The van der Waals surface area contributed by atoms with Crippen molar-refractivity contribution in [1.29, 1.82) is 0 Å². The van der Waals surface area contributed by atoms with E-state index in [0.717, 1.165) is 16.2 Å². The molecule has 0 saturated carbocycles. The van der Waals surface area contributed by atoms with E-state index in [4.69, 9.17) is 9.84 Å². The number of ether oxygens (including phenoxy) is 1. The Morgan fingerprint density at radius 2 is 1.92 bits per heavy atom. The molecule has 0 spiro atoms. The van der Waals surface area contributed by atoms with Crippen LogP contribution in [0.3, 0.4) is 0 Å². The van der Waals surface area contributed by atoms with Crippen molar-refractivity contribution in [2.75, 3.05) is 19.5 Å². The van der Waals surface area contributed by atoms with E-state index in [0.29, 0.717) is 16.2 Å². The molecule has 1 N–H and O–H groups in total. The molecule has 2 heterocycles. The minimum Gasteiger partial charge on any atom is -0.497 e. The number of nitrogens with zero attached hydrogens (tertiary/aromatic N) is 1. The Balaban J connectivity index is 1.87. The summed E-state index contributed by atoms with van der Waals surface area (Å²) in [4.78, 5) is 28.1. The van der Waals surface area contributed by atoms with Crippen molar-refractivity contribution in [1.82, 2.24) is 4.90 Å². The Morgan fingerprint density at radius 3 is 2.52 bits per heavy atom. The maximum absolute atomic E-state index is 12.9. The first-order chi connectivity index (χ1) is 12.2. The Kier molecular flexibility index (Phi) is 5.57. The van der Waals surface area contributed by atoms with Crippen molar-refractivity contribution in [3.05, 3.63) is 57.1 Å². The SMILES string of the molecule is COc1ccc(CN2C(=O)C(SCCO)=C(c3cccs3)C2=O)cc1. The number of benzene rings is 1. The van der Waals surface area contributed by atoms with Crippen molar-refractivity contribution in [3.8, 4) is 5.75 Å². The van der Waals surface area contributed by atoms with Crippen LogP contribution in [0.2, 0.25) is 0 Å². The summed E-state index contributed by atoms with van der Waals surface area (Å²) in [5.41, 5.74) is 1.29. The molecular weight excluding hydrogens is 358 g/mol. The molecule has 2 amide bonds. The summed E-state index contributed by atoms with van der Waals surface area (Å²) in [5, 5.41) is 11.0. The van der Waals surface area contributed by atoms with Gasteiger partial charge in [0.2, 0.25) is 0 Å². The second-order valence-electron chi connectivity index (χ2n) is 5.30. The molecule has 1 aliphatic rings. The van der Waals surface area contributed by atoms with E-state index in [-0.39, 0.29) is 25.0 Å². The molecule has 3 rings (SSSR count). The van der Waals surface area contributed by atoms with Crippen LogP contribution in [0.15, 0.2) is 46.7 Å². The number of imide groups is 1. The van der Waals surface area contributed by atoms with Crippen molar-refractivity contribution < 1.29 is 19.4 Å². The zero-order valence-electron chi connectivity index (χ0n) is 13.6. The molecule has 7 heteroatoms. The van der Waals surface area contributed by atoms with Gasteiger partial charge in [0.1, 0.15) is 5.75 Å². The fourth-order valence-corrected chi connectivity index (χ4v) is 4.23. The van der Waals surface area contributed by atoms with Gasteiger partial charge in [0.25, 0.3) is 11.8 Å². The molecule has 0 saturated heterocycles. The Labute approximate surface area is 153 Å². The van der Waals surface area contributed by atoms with Gasteiger partial charge in [-0.3, -0.25) is 14.5 Å². The molecule has 130 valence electrons. The summed E-state index contributed by atoms with van der Waals surface area (Å²) < 4.78 is 5.13. The maximum atomic E-state index is 12.9. The van der Waals surface area contributed by atoms with E-state index in [1.54, 1.807) is 19.2 Å². The summed E-state index contributed by atoms with van der Waals surface area (Å²) in [6.45, 7) is 0.158. The smallest absolute Gasteiger partial charge is 0.268 e. The number of aliphatic hydroxyl groups is 1. The fraction of sp³-hybridized carbons (Fsp3) is 0.222. The molecule has 1 aliphatic heterocycles. The minimum absolute atomic E-state index is 0.0498. The molecule has 0 unspecified atom stereocenters. The van der Waals surface area contributed by atoms with Crippen molar-refractivity contribution in [2.45, 2.75) is 6.54 Å². The van der Waals surface area contributed by atoms with Crippen LogP contribution < -0.4 is 4.74 Å². The first-order valence-corrected chi connectivity index (χ1v) is 9.53. The number of carbonyl (C=O) groups is 2. The highest BCUT2D eigenvalue weighted by Gasteiger charge is 2.39. The lowest BCUT2D eigenvalue weighted by Gasteiger charge is -2.15. The van der Waals surface area contributed by atoms with E-state index in [1.165, 1.54) is 28.0 Å². The number of methoxy groups -OCH3 is 1. The van der Waals surface area contributed by atoms with Crippen LogP contribution in [-0.4, -0.2) is 41.3 Å². The summed E-state index contributed by atoms with van der Waals surface area (Å²) in [6.07, 6.45) is 0. The Morgan fingerprint density at radius 1 is 1.16 bits per heavy atom. The lowest BCUT2D eigenvalue weighted by atomic mass is 10.2. The van der Waals surface area contributed by atoms with Gasteiger partial charge in [0.05, 0.1) is 30.7 Å². The van der Waals surface area contributed by atoms with Crippen LogP contribution in [0.25, 0.3) is 5.57 Å². The third-order valence-electron chi connectivity index (χ3n) is 3.73. The predicted molar refractivity (Wildman–Crippen MR) is 99.3 cm³/mol. The highest BCUT2D eigenvalue weighted by Crippen LogP contribution is 2.38. The molecule has 0 aliphatic carbocycles. The van der Waals surface area contributed by atoms with E-state index in [9.17, 15) is 9.59 Å². The van der Waals surface area contributed by atoms with Crippen LogP contribution in [0.4, 0.5) is 0 Å². The summed E-state index contributed by atoms with van der Waals surface area (Å²) >= 11 is 2.65. The molecule has 0 atom stereocenters. The van der Waals surface area contributed by atoms with E-state index >= 15 is 0 Å². The van der Waals surface area contributed by atoms with Crippen LogP contribution in [0, 0.1) is 0 Å². The van der Waals surface area contributed by atoms with E-state index in [2.05, 4.69) is 0 Å². The van der Waals surface area contributed by atoms with Gasteiger partial charge in [-0.05, 0) is 29.1 Å². The Hall–Kier alpha value is -2.09. The van der Waals surface area contributed by atoms with Gasteiger partial charge in [0.15, 0.2) is 0 Å². The number of rotatable bonds is 7. The largest absolute Gasteiger partial charge is 0.497 e. The molecule has 0 fully saturated rings. The van der Waals surface area contributed by atoms with Gasteiger partial charge in [-0.15, -0.1) is 23.1 Å². The Bertz CT molecular complexity index is 797. The lowest BCUT2D eigenvalue weighted by molar-refractivity contribution is -0.137. The van der Waals surface area contributed by atoms with Crippen LogP contribution in [0.5, 0.6) is 5.75 Å². The van der Waals surface area contributed by atoms with Gasteiger partial charge >= 0.3 is 0 Å². The standard InChI is InChI=1S/C18H17NO4S2/c1-23-13-6-4-12(5-7-13)11-19-17(21)15(14-3-2-9-24-14)16(18(19)22)25-10-8-20/h2-7,9,20H,8,10-11H2,1H3. The second-order valence-corrected chi connectivity index (χ2v) is 7.35. The van der Waals surface area contributed by atoms with Crippen LogP contribution in [0.1, 0.15) is 10.4 Å². The monoisotopic (exact) mass is 375 g/mol. The number of carbonyl (C=O) groups excluding carboxylic acids is 2. The van der Waals surface area contributed by atoms with Crippen LogP contribution >= 0.6 is 23.1 Å². The predicted octanol–water partition coefficient (Wildman–Crippen LogP) is 2.76. The van der Waals surface area contributed by atoms with Gasteiger partial charge in [-0.25, -0.2) is 0 Å². The normalized spacial score (nSPS) is 14.6. The fourth-order valence-electron chi connectivity index (χ4n) is 2.53. The first-order valence-electron chi connectivity index (χ1n) is 7.66. The van der Waals surface area contributed by atoms with Crippen molar-refractivity contribution in [3.63, 3.8) is 0 Å². The number of hydrogen-bond acceptors (Lipinski definition) is 6. The molecule has 25 heavy (non-hydrogen) atoms. The number of thiophene rings is 1. The minimum atomic E-state index is -0.303. The quantitative estimate of drug-likeness (QED) is 0.754. The molecule has 1 aromatic carbocycles. The maximum Gasteiger partial charge on any atom is 0.268 e. The summed E-state index contributed by atoms with van der Waals surface area (Å²) in [5.74, 6) is 0.505. The average Bonchev–Trinajstić information content (AvgIpc) is 3.23. The number of amides is 2.